The number of carboxylic acid groups (broad SMARTS) is 1. The molecule has 20 heavy (non-hydrogen) atoms. The fourth-order valence-corrected chi connectivity index (χ4v) is 1.74. The van der Waals surface area contributed by atoms with Gasteiger partial charge in [-0.05, 0) is 13.1 Å². The van der Waals surface area contributed by atoms with Gasteiger partial charge in [-0.2, -0.15) is 0 Å². The number of nitrogens with one attached hydrogen (secondary N) is 1. The molecule has 0 aromatic carbocycles. The van der Waals surface area contributed by atoms with E-state index in [0.717, 1.165) is 25.8 Å². The fraction of sp³-hybridized carbons (Fsp3) is 0.500. The van der Waals surface area contributed by atoms with E-state index in [1.54, 1.807) is 0 Å². The molecular weight excluding hydrogens is 264 g/mol. The molecule has 0 saturated heterocycles. The van der Waals surface area contributed by atoms with Crippen molar-refractivity contribution in [1.29, 1.82) is 0 Å². The summed E-state index contributed by atoms with van der Waals surface area (Å²) in [5.74, 6) is -1.02. The molecule has 8 nitrogen and oxygen atoms in total. The first kappa shape index (κ1) is 15.8. The summed E-state index contributed by atoms with van der Waals surface area (Å²) in [6, 6.07) is 1.18. The highest BCUT2D eigenvalue weighted by Gasteiger charge is 2.20. The number of carbonyl (C=O) groups is 1. The summed E-state index contributed by atoms with van der Waals surface area (Å²) >= 11 is 0. The number of hydrogen-bond donors (Lipinski definition) is 2. The van der Waals surface area contributed by atoms with Crippen molar-refractivity contribution in [2.45, 2.75) is 13.8 Å². The number of pyridine rings is 1. The van der Waals surface area contributed by atoms with Crippen molar-refractivity contribution >= 4 is 17.5 Å². The van der Waals surface area contributed by atoms with E-state index in [1.807, 2.05) is 0 Å². The van der Waals surface area contributed by atoms with Crippen molar-refractivity contribution in [1.82, 2.24) is 9.88 Å². The first-order valence-corrected chi connectivity index (χ1v) is 6.33. The third-order valence-electron chi connectivity index (χ3n) is 2.94. The van der Waals surface area contributed by atoms with Gasteiger partial charge in [0.1, 0.15) is 17.6 Å². The van der Waals surface area contributed by atoms with Gasteiger partial charge in [0.05, 0.1) is 4.92 Å². The van der Waals surface area contributed by atoms with Gasteiger partial charge in [-0.3, -0.25) is 10.1 Å². The van der Waals surface area contributed by atoms with Crippen molar-refractivity contribution in [2.24, 2.45) is 0 Å². The van der Waals surface area contributed by atoms with Crippen LogP contribution in [0.5, 0.6) is 0 Å². The van der Waals surface area contributed by atoms with Crippen LogP contribution in [-0.4, -0.2) is 52.1 Å². The summed E-state index contributed by atoms with van der Waals surface area (Å²) in [4.78, 5) is 27.0. The molecule has 0 aliphatic heterocycles. The number of rotatable bonds is 8. The highest BCUT2D eigenvalue weighted by atomic mass is 16.6. The number of hydrogen-bond acceptors (Lipinski definition) is 6. The Balaban J connectivity index is 2.75. The summed E-state index contributed by atoms with van der Waals surface area (Å²) < 4.78 is 0. The molecule has 0 unspecified atom stereocenters. The quantitative estimate of drug-likeness (QED) is 0.548. The molecule has 0 saturated carbocycles. The Labute approximate surface area is 116 Å². The standard InChI is InChI=1S/C12H18N4O4/c1-3-15(4-2)6-5-13-11-7-9(12(17)18)10(8-14-11)16(19)20/h7-8H,3-6H2,1-2H3,(H,13,14)(H,17,18). The molecule has 0 bridgehead atoms. The molecule has 8 heteroatoms. The molecular formula is C12H18N4O4. The highest BCUT2D eigenvalue weighted by molar-refractivity contribution is 5.93. The van der Waals surface area contributed by atoms with E-state index in [0.29, 0.717) is 12.4 Å². The van der Waals surface area contributed by atoms with Gasteiger partial charge >= 0.3 is 11.7 Å². The average molecular weight is 282 g/mol. The van der Waals surface area contributed by atoms with Crippen LogP contribution in [0.2, 0.25) is 0 Å². The van der Waals surface area contributed by atoms with E-state index < -0.39 is 16.6 Å². The van der Waals surface area contributed by atoms with Crippen molar-refractivity contribution < 1.29 is 14.8 Å². The van der Waals surface area contributed by atoms with Gasteiger partial charge < -0.3 is 15.3 Å². The Morgan fingerprint density at radius 3 is 2.65 bits per heavy atom. The Kier molecular flexibility index (Phi) is 5.85. The maximum Gasteiger partial charge on any atom is 0.342 e. The Morgan fingerprint density at radius 2 is 2.15 bits per heavy atom. The van der Waals surface area contributed by atoms with Crippen molar-refractivity contribution in [3.63, 3.8) is 0 Å². The van der Waals surface area contributed by atoms with Crippen LogP contribution in [-0.2, 0) is 0 Å². The number of nitro groups is 1. The van der Waals surface area contributed by atoms with Crippen LogP contribution in [0.15, 0.2) is 12.3 Å². The number of aromatic carboxylic acids is 1. The number of anilines is 1. The van der Waals surface area contributed by atoms with Gasteiger partial charge in [0.25, 0.3) is 0 Å². The van der Waals surface area contributed by atoms with Crippen LogP contribution in [0, 0.1) is 10.1 Å². The smallest absolute Gasteiger partial charge is 0.342 e. The van der Waals surface area contributed by atoms with Gasteiger partial charge in [0.15, 0.2) is 0 Å². The van der Waals surface area contributed by atoms with E-state index in [-0.39, 0.29) is 5.56 Å². The molecule has 0 aliphatic carbocycles. The Morgan fingerprint density at radius 1 is 1.50 bits per heavy atom. The van der Waals surface area contributed by atoms with Gasteiger partial charge in [-0.15, -0.1) is 0 Å². The predicted molar refractivity (Wildman–Crippen MR) is 74.1 cm³/mol. The predicted octanol–water partition coefficient (Wildman–Crippen LogP) is 1.44. The first-order valence-electron chi connectivity index (χ1n) is 6.33. The lowest BCUT2D eigenvalue weighted by atomic mass is 10.2. The second-order valence-corrected chi connectivity index (χ2v) is 4.10. The average Bonchev–Trinajstić information content (AvgIpc) is 2.43. The maximum absolute atomic E-state index is 11.0. The summed E-state index contributed by atoms with van der Waals surface area (Å²) in [6.45, 7) is 7.32. The summed E-state index contributed by atoms with van der Waals surface area (Å²) in [5.41, 5.74) is -0.873. The topological polar surface area (TPSA) is 109 Å². The van der Waals surface area contributed by atoms with E-state index >= 15 is 0 Å². The van der Waals surface area contributed by atoms with E-state index in [1.165, 1.54) is 6.07 Å². The van der Waals surface area contributed by atoms with Gasteiger partial charge in [-0.25, -0.2) is 9.78 Å². The zero-order chi connectivity index (χ0) is 15.1. The molecule has 0 aliphatic rings. The molecule has 2 N–H and O–H groups in total. The minimum atomic E-state index is -1.34. The fourth-order valence-electron chi connectivity index (χ4n) is 1.74. The zero-order valence-corrected chi connectivity index (χ0v) is 11.5. The molecule has 110 valence electrons. The number of nitrogens with zero attached hydrogens (tertiary/aromatic N) is 3. The van der Waals surface area contributed by atoms with E-state index in [4.69, 9.17) is 5.11 Å². The number of likely N-dealkylation sites (N-methyl/N-ethyl adjacent to an activating group) is 1. The van der Waals surface area contributed by atoms with Crippen LogP contribution in [0.3, 0.4) is 0 Å². The zero-order valence-electron chi connectivity index (χ0n) is 11.5. The van der Waals surface area contributed by atoms with Crippen molar-refractivity contribution in [2.75, 3.05) is 31.5 Å². The molecule has 1 aromatic heterocycles. The Hall–Kier alpha value is -2.22. The molecule has 1 aromatic rings. The SMILES string of the molecule is CCN(CC)CCNc1cc(C(=O)O)c([N+](=O)[O-])cn1. The molecule has 1 rings (SSSR count). The van der Waals surface area contributed by atoms with Gasteiger partial charge in [0, 0.05) is 19.2 Å². The molecule has 0 amide bonds. The van der Waals surface area contributed by atoms with Crippen LogP contribution in [0.25, 0.3) is 0 Å². The van der Waals surface area contributed by atoms with Gasteiger partial charge in [0.2, 0.25) is 0 Å². The summed E-state index contributed by atoms with van der Waals surface area (Å²) in [5, 5.41) is 22.6. The molecule has 0 radical (unpaired) electrons. The largest absolute Gasteiger partial charge is 0.477 e. The lowest BCUT2D eigenvalue weighted by Crippen LogP contribution is -2.28. The first-order chi connectivity index (χ1) is 9.49. The number of aromatic nitrogens is 1. The second kappa shape index (κ2) is 7.39. The van der Waals surface area contributed by atoms with Crippen molar-refractivity contribution in [3.05, 3.63) is 27.9 Å². The highest BCUT2D eigenvalue weighted by Crippen LogP contribution is 2.20. The van der Waals surface area contributed by atoms with E-state index in [2.05, 4.69) is 29.0 Å². The monoisotopic (exact) mass is 282 g/mol. The molecule has 1 heterocycles. The minimum Gasteiger partial charge on any atom is -0.477 e. The Bertz CT molecular complexity index is 488. The van der Waals surface area contributed by atoms with Crippen molar-refractivity contribution in [3.8, 4) is 0 Å². The maximum atomic E-state index is 11.0. The third-order valence-corrected chi connectivity index (χ3v) is 2.94. The van der Waals surface area contributed by atoms with Crippen LogP contribution in [0.1, 0.15) is 24.2 Å². The lowest BCUT2D eigenvalue weighted by Gasteiger charge is -2.18. The summed E-state index contributed by atoms with van der Waals surface area (Å²) in [6.07, 6.45) is 0.962. The van der Waals surface area contributed by atoms with Crippen LogP contribution < -0.4 is 5.32 Å². The summed E-state index contributed by atoms with van der Waals surface area (Å²) in [7, 11) is 0. The van der Waals surface area contributed by atoms with Crippen LogP contribution in [0.4, 0.5) is 11.5 Å². The normalized spacial score (nSPS) is 10.6. The van der Waals surface area contributed by atoms with Gasteiger partial charge in [-0.1, -0.05) is 13.8 Å². The molecule has 0 atom stereocenters. The second-order valence-electron chi connectivity index (χ2n) is 4.10. The van der Waals surface area contributed by atoms with E-state index in [9.17, 15) is 14.9 Å². The minimum absolute atomic E-state index is 0.320. The third kappa shape index (κ3) is 4.16. The number of carboxylic acids is 1. The molecule has 0 fully saturated rings. The lowest BCUT2D eigenvalue weighted by molar-refractivity contribution is -0.385. The molecule has 0 spiro atoms. The van der Waals surface area contributed by atoms with Crippen LogP contribution >= 0.6 is 0 Å².